The SMILES string of the molecule is Cc1ccc2c(c1)[C@@H](N)CC(c1ccc(Cl)cc1F)O2. The molecule has 20 heavy (non-hydrogen) atoms. The van der Waals surface area contributed by atoms with Crippen LogP contribution in [0.2, 0.25) is 5.02 Å². The number of hydrogen-bond acceptors (Lipinski definition) is 2. The van der Waals surface area contributed by atoms with E-state index in [0.29, 0.717) is 17.0 Å². The smallest absolute Gasteiger partial charge is 0.131 e. The highest BCUT2D eigenvalue weighted by Crippen LogP contribution is 2.40. The minimum atomic E-state index is -0.377. The summed E-state index contributed by atoms with van der Waals surface area (Å²) in [6.45, 7) is 2.01. The van der Waals surface area contributed by atoms with Crippen molar-refractivity contribution in [2.75, 3.05) is 0 Å². The van der Waals surface area contributed by atoms with Crippen molar-refractivity contribution < 1.29 is 9.13 Å². The van der Waals surface area contributed by atoms with E-state index in [2.05, 4.69) is 0 Å². The summed E-state index contributed by atoms with van der Waals surface area (Å²) in [5.74, 6) is 0.374. The predicted molar refractivity (Wildman–Crippen MR) is 77.5 cm³/mol. The average molecular weight is 292 g/mol. The molecule has 0 radical (unpaired) electrons. The van der Waals surface area contributed by atoms with Gasteiger partial charge in [-0.25, -0.2) is 4.39 Å². The summed E-state index contributed by atoms with van der Waals surface area (Å²) >= 11 is 5.78. The zero-order chi connectivity index (χ0) is 14.3. The molecule has 2 aromatic rings. The fraction of sp³-hybridized carbons (Fsp3) is 0.250. The van der Waals surface area contributed by atoms with Crippen molar-refractivity contribution >= 4 is 11.6 Å². The minimum Gasteiger partial charge on any atom is -0.485 e. The zero-order valence-electron chi connectivity index (χ0n) is 11.1. The van der Waals surface area contributed by atoms with Crippen LogP contribution < -0.4 is 10.5 Å². The third kappa shape index (κ3) is 2.39. The molecule has 2 aromatic carbocycles. The fourth-order valence-corrected chi connectivity index (χ4v) is 2.74. The number of aryl methyl sites for hydroxylation is 1. The molecule has 2 atom stereocenters. The molecule has 0 saturated heterocycles. The summed E-state index contributed by atoms with van der Waals surface area (Å²) in [7, 11) is 0. The quantitative estimate of drug-likeness (QED) is 0.849. The third-order valence-corrected chi connectivity index (χ3v) is 3.85. The largest absolute Gasteiger partial charge is 0.485 e. The Hall–Kier alpha value is -1.58. The van der Waals surface area contributed by atoms with E-state index in [1.165, 1.54) is 6.07 Å². The van der Waals surface area contributed by atoms with Crippen LogP contribution in [0.4, 0.5) is 4.39 Å². The van der Waals surface area contributed by atoms with Crippen molar-refractivity contribution in [1.29, 1.82) is 0 Å². The molecule has 3 rings (SSSR count). The maximum absolute atomic E-state index is 14.0. The van der Waals surface area contributed by atoms with Crippen LogP contribution in [-0.2, 0) is 0 Å². The number of halogens is 2. The molecule has 2 N–H and O–H groups in total. The Kier molecular flexibility index (Phi) is 3.40. The molecular formula is C16H15ClFNO. The van der Waals surface area contributed by atoms with E-state index in [1.807, 2.05) is 25.1 Å². The lowest BCUT2D eigenvalue weighted by molar-refractivity contribution is 0.157. The van der Waals surface area contributed by atoms with Crippen molar-refractivity contribution in [3.8, 4) is 5.75 Å². The van der Waals surface area contributed by atoms with Crippen LogP contribution in [0, 0.1) is 12.7 Å². The van der Waals surface area contributed by atoms with E-state index in [1.54, 1.807) is 12.1 Å². The van der Waals surface area contributed by atoms with Gasteiger partial charge in [-0.2, -0.15) is 0 Å². The normalized spacial score (nSPS) is 21.2. The first-order valence-corrected chi connectivity index (χ1v) is 6.90. The van der Waals surface area contributed by atoms with Gasteiger partial charge in [0.05, 0.1) is 0 Å². The number of hydrogen-bond donors (Lipinski definition) is 1. The summed E-state index contributed by atoms with van der Waals surface area (Å²) in [5, 5.41) is 0.377. The van der Waals surface area contributed by atoms with Gasteiger partial charge in [-0.1, -0.05) is 35.4 Å². The fourth-order valence-electron chi connectivity index (χ4n) is 2.58. The lowest BCUT2D eigenvalue weighted by Gasteiger charge is -2.31. The van der Waals surface area contributed by atoms with Crippen LogP contribution in [-0.4, -0.2) is 0 Å². The Morgan fingerprint density at radius 3 is 2.75 bits per heavy atom. The topological polar surface area (TPSA) is 35.2 Å². The van der Waals surface area contributed by atoms with Crippen LogP contribution >= 0.6 is 11.6 Å². The van der Waals surface area contributed by atoms with E-state index in [-0.39, 0.29) is 18.0 Å². The van der Waals surface area contributed by atoms with E-state index < -0.39 is 0 Å². The lowest BCUT2D eigenvalue weighted by atomic mass is 9.92. The Morgan fingerprint density at radius 2 is 2.00 bits per heavy atom. The lowest BCUT2D eigenvalue weighted by Crippen LogP contribution is -2.24. The number of ether oxygens (including phenoxy) is 1. The average Bonchev–Trinajstić information content (AvgIpc) is 2.39. The van der Waals surface area contributed by atoms with E-state index in [4.69, 9.17) is 22.1 Å². The molecule has 4 heteroatoms. The van der Waals surface area contributed by atoms with Crippen LogP contribution in [0.3, 0.4) is 0 Å². The van der Waals surface area contributed by atoms with Gasteiger partial charge in [-0.3, -0.25) is 0 Å². The maximum atomic E-state index is 14.0. The van der Waals surface area contributed by atoms with E-state index in [9.17, 15) is 4.39 Å². The maximum Gasteiger partial charge on any atom is 0.131 e. The first-order chi connectivity index (χ1) is 9.54. The van der Waals surface area contributed by atoms with Gasteiger partial charge in [0.2, 0.25) is 0 Å². The second-order valence-corrected chi connectivity index (χ2v) is 5.59. The first-order valence-electron chi connectivity index (χ1n) is 6.52. The van der Waals surface area contributed by atoms with Gasteiger partial charge in [0.25, 0.3) is 0 Å². The van der Waals surface area contributed by atoms with Crippen LogP contribution in [0.5, 0.6) is 5.75 Å². The van der Waals surface area contributed by atoms with Gasteiger partial charge in [0.1, 0.15) is 17.7 Å². The minimum absolute atomic E-state index is 0.154. The number of nitrogens with two attached hydrogens (primary N) is 1. The molecule has 0 amide bonds. The van der Waals surface area contributed by atoms with Gasteiger partial charge in [-0.05, 0) is 25.1 Å². The summed E-state index contributed by atoms with van der Waals surface area (Å²) in [4.78, 5) is 0. The monoisotopic (exact) mass is 291 g/mol. The van der Waals surface area contributed by atoms with Crippen molar-refractivity contribution in [2.45, 2.75) is 25.5 Å². The highest BCUT2D eigenvalue weighted by Gasteiger charge is 2.28. The predicted octanol–water partition coefficient (Wildman–Crippen LogP) is 4.31. The summed E-state index contributed by atoms with van der Waals surface area (Å²) in [6, 6.07) is 10.4. The Labute approximate surface area is 122 Å². The molecule has 0 spiro atoms. The molecular weight excluding hydrogens is 277 g/mol. The standard InChI is InChI=1S/C16H15ClFNO/c1-9-2-5-15-12(6-9)14(19)8-16(20-15)11-4-3-10(17)7-13(11)18/h2-7,14,16H,8,19H2,1H3/t14-,16?/m0/s1. The molecule has 0 aromatic heterocycles. The number of benzene rings is 2. The molecule has 0 aliphatic carbocycles. The summed E-state index contributed by atoms with van der Waals surface area (Å²) in [5.41, 5.74) is 8.81. The first kappa shape index (κ1) is 13.4. The van der Waals surface area contributed by atoms with Crippen LogP contribution in [0.25, 0.3) is 0 Å². The molecule has 1 aliphatic heterocycles. The molecule has 0 saturated carbocycles. The molecule has 1 heterocycles. The molecule has 104 valence electrons. The Bertz CT molecular complexity index is 659. The molecule has 0 fully saturated rings. The second-order valence-electron chi connectivity index (χ2n) is 5.16. The van der Waals surface area contributed by atoms with Crippen molar-refractivity contribution in [3.05, 3.63) is 63.9 Å². The third-order valence-electron chi connectivity index (χ3n) is 3.61. The summed E-state index contributed by atoms with van der Waals surface area (Å²) in [6.07, 6.45) is 0.173. The van der Waals surface area contributed by atoms with Gasteiger partial charge in [0.15, 0.2) is 0 Å². The van der Waals surface area contributed by atoms with E-state index in [0.717, 1.165) is 16.9 Å². The van der Waals surface area contributed by atoms with Crippen molar-refractivity contribution in [2.24, 2.45) is 5.73 Å². The molecule has 0 bridgehead atoms. The zero-order valence-corrected chi connectivity index (χ0v) is 11.8. The van der Waals surface area contributed by atoms with Crippen LogP contribution in [0.15, 0.2) is 36.4 Å². The van der Waals surface area contributed by atoms with Crippen LogP contribution in [0.1, 0.15) is 35.3 Å². The Morgan fingerprint density at radius 1 is 1.20 bits per heavy atom. The van der Waals surface area contributed by atoms with Gasteiger partial charge in [0, 0.05) is 28.6 Å². The summed E-state index contributed by atoms with van der Waals surface area (Å²) < 4.78 is 19.9. The van der Waals surface area contributed by atoms with Gasteiger partial charge in [-0.15, -0.1) is 0 Å². The van der Waals surface area contributed by atoms with Gasteiger partial charge < -0.3 is 10.5 Å². The number of fused-ring (bicyclic) bond motifs is 1. The van der Waals surface area contributed by atoms with E-state index >= 15 is 0 Å². The molecule has 1 aliphatic rings. The van der Waals surface area contributed by atoms with Crippen molar-refractivity contribution in [1.82, 2.24) is 0 Å². The Balaban J connectivity index is 1.97. The van der Waals surface area contributed by atoms with Gasteiger partial charge >= 0.3 is 0 Å². The van der Waals surface area contributed by atoms with Crippen molar-refractivity contribution in [3.63, 3.8) is 0 Å². The highest BCUT2D eigenvalue weighted by molar-refractivity contribution is 6.30. The second kappa shape index (κ2) is 5.08. The number of rotatable bonds is 1. The molecule has 1 unspecified atom stereocenters. The highest BCUT2D eigenvalue weighted by atomic mass is 35.5. The molecule has 2 nitrogen and oxygen atoms in total.